The van der Waals surface area contributed by atoms with Crippen molar-refractivity contribution in [2.24, 2.45) is 16.8 Å². The third-order valence-corrected chi connectivity index (χ3v) is 2.87. The number of primary amides is 1. The Labute approximate surface area is 98.7 Å². The largest absolute Gasteiger partial charge is 0.369 e. The van der Waals surface area contributed by atoms with E-state index < -0.39 is 17.7 Å². The molecule has 2 amide bonds. The second kappa shape index (κ2) is 4.37. The van der Waals surface area contributed by atoms with Crippen molar-refractivity contribution in [1.29, 1.82) is 0 Å². The monoisotopic (exact) mass is 231 g/mol. The quantitative estimate of drug-likeness (QED) is 0.721. The van der Waals surface area contributed by atoms with Gasteiger partial charge in [-0.15, -0.1) is 0 Å². The van der Waals surface area contributed by atoms with Gasteiger partial charge in [-0.05, 0) is 12.5 Å². The first-order chi connectivity index (χ1) is 8.11. The summed E-state index contributed by atoms with van der Waals surface area (Å²) >= 11 is 0. The van der Waals surface area contributed by atoms with E-state index >= 15 is 0 Å². The summed E-state index contributed by atoms with van der Waals surface area (Å²) in [7, 11) is 0. The molecule has 0 aliphatic carbocycles. The number of hydrogen-bond acceptors (Lipinski definition) is 3. The van der Waals surface area contributed by atoms with Crippen LogP contribution in [-0.2, 0) is 9.59 Å². The van der Waals surface area contributed by atoms with Gasteiger partial charge in [0.15, 0.2) is 0 Å². The summed E-state index contributed by atoms with van der Waals surface area (Å²) in [6, 6.07) is 9.30. The summed E-state index contributed by atoms with van der Waals surface area (Å²) in [5, 5.41) is 3.91. The minimum absolute atomic E-state index is 0.373. The average molecular weight is 231 g/mol. The van der Waals surface area contributed by atoms with Crippen LogP contribution in [0, 0.1) is 5.92 Å². The van der Waals surface area contributed by atoms with Crippen LogP contribution >= 0.6 is 0 Å². The lowest BCUT2D eigenvalue weighted by Crippen LogP contribution is -2.46. The molecule has 2 unspecified atom stereocenters. The fourth-order valence-corrected chi connectivity index (χ4v) is 2.06. The third-order valence-electron chi connectivity index (χ3n) is 2.87. The SMILES string of the molecule is CC1=NNC(=O)C(C(N)=O)C1c1ccccc1. The molecule has 0 bridgehead atoms. The van der Waals surface area contributed by atoms with Crippen molar-refractivity contribution < 1.29 is 9.59 Å². The molecule has 88 valence electrons. The molecule has 1 aromatic rings. The van der Waals surface area contributed by atoms with E-state index in [0.29, 0.717) is 5.71 Å². The number of amides is 2. The number of nitrogens with two attached hydrogens (primary N) is 1. The molecular formula is C12H13N3O2. The van der Waals surface area contributed by atoms with Gasteiger partial charge >= 0.3 is 0 Å². The molecule has 1 heterocycles. The van der Waals surface area contributed by atoms with Crippen LogP contribution in [0.15, 0.2) is 35.4 Å². The van der Waals surface area contributed by atoms with Crippen molar-refractivity contribution in [3.63, 3.8) is 0 Å². The lowest BCUT2D eigenvalue weighted by atomic mass is 9.81. The molecule has 5 heteroatoms. The van der Waals surface area contributed by atoms with Crippen LogP contribution in [0.1, 0.15) is 18.4 Å². The Bertz CT molecular complexity index is 482. The van der Waals surface area contributed by atoms with Crippen LogP contribution in [0.25, 0.3) is 0 Å². The standard InChI is InChI=1S/C12H13N3O2/c1-7-9(8-5-3-2-4-6-8)10(11(13)16)12(17)15-14-7/h2-6,9-10H,1H3,(H2,13,16)(H,15,17). The summed E-state index contributed by atoms with van der Waals surface area (Å²) in [6.45, 7) is 1.77. The number of nitrogens with one attached hydrogen (secondary N) is 1. The Morgan fingerprint density at radius 1 is 1.35 bits per heavy atom. The van der Waals surface area contributed by atoms with Crippen molar-refractivity contribution in [1.82, 2.24) is 5.43 Å². The Hall–Kier alpha value is -2.17. The van der Waals surface area contributed by atoms with E-state index in [1.807, 2.05) is 30.3 Å². The number of nitrogens with zero attached hydrogens (tertiary/aromatic N) is 1. The molecule has 1 aromatic carbocycles. The lowest BCUT2D eigenvalue weighted by molar-refractivity contribution is -0.134. The summed E-state index contributed by atoms with van der Waals surface area (Å²) in [5.74, 6) is -2.35. The minimum atomic E-state index is -0.894. The second-order valence-electron chi connectivity index (χ2n) is 4.00. The maximum atomic E-state index is 11.6. The van der Waals surface area contributed by atoms with Gasteiger partial charge in [-0.1, -0.05) is 30.3 Å². The molecule has 2 atom stereocenters. The molecule has 1 aliphatic rings. The molecule has 2 rings (SSSR count). The van der Waals surface area contributed by atoms with Crippen LogP contribution in [-0.4, -0.2) is 17.5 Å². The fraction of sp³-hybridized carbons (Fsp3) is 0.250. The molecule has 0 radical (unpaired) electrons. The highest BCUT2D eigenvalue weighted by molar-refractivity contribution is 6.09. The molecule has 5 nitrogen and oxygen atoms in total. The molecule has 0 aromatic heterocycles. The van der Waals surface area contributed by atoms with Gasteiger partial charge < -0.3 is 5.73 Å². The Morgan fingerprint density at radius 2 is 2.00 bits per heavy atom. The van der Waals surface area contributed by atoms with E-state index in [2.05, 4.69) is 10.5 Å². The number of carbonyl (C=O) groups is 2. The smallest absolute Gasteiger partial charge is 0.253 e. The number of hydrogen-bond donors (Lipinski definition) is 2. The maximum Gasteiger partial charge on any atom is 0.253 e. The normalized spacial score (nSPS) is 23.8. The molecule has 0 saturated heterocycles. The first-order valence-corrected chi connectivity index (χ1v) is 5.29. The van der Waals surface area contributed by atoms with E-state index in [0.717, 1.165) is 5.56 Å². The van der Waals surface area contributed by atoms with Crippen LogP contribution < -0.4 is 11.2 Å². The van der Waals surface area contributed by atoms with Crippen LogP contribution in [0.2, 0.25) is 0 Å². The fourth-order valence-electron chi connectivity index (χ4n) is 2.06. The number of carbonyl (C=O) groups excluding carboxylic acids is 2. The van der Waals surface area contributed by atoms with Crippen molar-refractivity contribution in [3.05, 3.63) is 35.9 Å². The summed E-state index contributed by atoms with van der Waals surface area (Å²) in [4.78, 5) is 23.0. The van der Waals surface area contributed by atoms with Gasteiger partial charge in [0.1, 0.15) is 5.92 Å². The number of rotatable bonds is 2. The lowest BCUT2D eigenvalue weighted by Gasteiger charge is -2.27. The minimum Gasteiger partial charge on any atom is -0.369 e. The van der Waals surface area contributed by atoms with E-state index in [1.165, 1.54) is 0 Å². The van der Waals surface area contributed by atoms with Crippen LogP contribution in [0.5, 0.6) is 0 Å². The summed E-state index contributed by atoms with van der Waals surface area (Å²) in [6.07, 6.45) is 0. The van der Waals surface area contributed by atoms with E-state index in [-0.39, 0.29) is 5.92 Å². The van der Waals surface area contributed by atoms with Crippen LogP contribution in [0.3, 0.4) is 0 Å². The molecule has 0 spiro atoms. The van der Waals surface area contributed by atoms with Crippen molar-refractivity contribution in [3.8, 4) is 0 Å². The van der Waals surface area contributed by atoms with Gasteiger partial charge in [0.25, 0.3) is 5.91 Å². The average Bonchev–Trinajstić information content (AvgIpc) is 2.32. The second-order valence-corrected chi connectivity index (χ2v) is 4.00. The molecule has 1 aliphatic heterocycles. The highest BCUT2D eigenvalue weighted by atomic mass is 16.2. The third kappa shape index (κ3) is 2.04. The Morgan fingerprint density at radius 3 is 2.59 bits per heavy atom. The van der Waals surface area contributed by atoms with Gasteiger partial charge in [0.05, 0.1) is 0 Å². The highest BCUT2D eigenvalue weighted by Crippen LogP contribution is 2.28. The molecule has 3 N–H and O–H groups in total. The van der Waals surface area contributed by atoms with Gasteiger partial charge in [-0.3, -0.25) is 9.59 Å². The van der Waals surface area contributed by atoms with Crippen LogP contribution in [0.4, 0.5) is 0 Å². The van der Waals surface area contributed by atoms with E-state index in [1.54, 1.807) is 6.92 Å². The summed E-state index contributed by atoms with van der Waals surface area (Å²) < 4.78 is 0. The zero-order valence-corrected chi connectivity index (χ0v) is 9.38. The Balaban J connectivity index is 2.47. The first kappa shape index (κ1) is 11.3. The van der Waals surface area contributed by atoms with Crippen molar-refractivity contribution in [2.45, 2.75) is 12.8 Å². The summed E-state index contributed by atoms with van der Waals surface area (Å²) in [5.41, 5.74) is 9.15. The molecule has 17 heavy (non-hydrogen) atoms. The van der Waals surface area contributed by atoms with Crippen molar-refractivity contribution >= 4 is 17.5 Å². The Kier molecular flexibility index (Phi) is 2.91. The predicted octanol–water partition coefficient (Wildman–Crippen LogP) is 0.377. The number of benzene rings is 1. The first-order valence-electron chi connectivity index (χ1n) is 5.29. The van der Waals surface area contributed by atoms with Gasteiger partial charge in [0, 0.05) is 11.6 Å². The molecule has 0 saturated carbocycles. The predicted molar refractivity (Wildman–Crippen MR) is 63.1 cm³/mol. The van der Waals surface area contributed by atoms with Gasteiger partial charge in [0.2, 0.25) is 5.91 Å². The topological polar surface area (TPSA) is 84.6 Å². The van der Waals surface area contributed by atoms with E-state index in [4.69, 9.17) is 5.73 Å². The zero-order valence-electron chi connectivity index (χ0n) is 9.38. The van der Waals surface area contributed by atoms with E-state index in [9.17, 15) is 9.59 Å². The van der Waals surface area contributed by atoms with Crippen molar-refractivity contribution in [2.75, 3.05) is 0 Å². The maximum absolute atomic E-state index is 11.6. The highest BCUT2D eigenvalue weighted by Gasteiger charge is 2.38. The van der Waals surface area contributed by atoms with Gasteiger partial charge in [-0.2, -0.15) is 5.10 Å². The molecular weight excluding hydrogens is 218 g/mol. The van der Waals surface area contributed by atoms with Gasteiger partial charge in [-0.25, -0.2) is 5.43 Å². The zero-order chi connectivity index (χ0) is 12.4. The molecule has 0 fully saturated rings. The number of hydrazone groups is 1.